The summed E-state index contributed by atoms with van der Waals surface area (Å²) in [6.07, 6.45) is 1.89. The van der Waals surface area contributed by atoms with E-state index in [0.29, 0.717) is 0 Å². The predicted molar refractivity (Wildman–Crippen MR) is 96.1 cm³/mol. The van der Waals surface area contributed by atoms with Crippen molar-refractivity contribution in [3.8, 4) is 0 Å². The van der Waals surface area contributed by atoms with E-state index in [1.807, 2.05) is 63.4 Å². The van der Waals surface area contributed by atoms with Crippen molar-refractivity contribution in [1.29, 1.82) is 0 Å². The van der Waals surface area contributed by atoms with Crippen LogP contribution in [-0.2, 0) is 0 Å². The van der Waals surface area contributed by atoms with Crippen LogP contribution in [0.3, 0.4) is 0 Å². The van der Waals surface area contributed by atoms with Crippen LogP contribution >= 0.6 is 0 Å². The summed E-state index contributed by atoms with van der Waals surface area (Å²) >= 11 is 0. The predicted octanol–water partition coefficient (Wildman–Crippen LogP) is 5.71. The molecule has 1 aromatic heterocycles. The van der Waals surface area contributed by atoms with Crippen LogP contribution in [0.4, 0.5) is 5.69 Å². The quantitative estimate of drug-likeness (QED) is 0.555. The van der Waals surface area contributed by atoms with Crippen LogP contribution in [0, 0.1) is 6.92 Å². The normalized spacial score (nSPS) is 11.0. The van der Waals surface area contributed by atoms with Crippen LogP contribution in [0.5, 0.6) is 0 Å². The number of benzene rings is 2. The second-order valence-electron chi connectivity index (χ2n) is 4.90. The molecule has 0 N–H and O–H groups in total. The number of rotatable bonds is 2. The van der Waals surface area contributed by atoms with Crippen molar-refractivity contribution in [3.63, 3.8) is 0 Å². The number of nitrogens with zero attached hydrogens (tertiary/aromatic N) is 2. The minimum Gasteiger partial charge on any atom is -0.256 e. The third-order valence-electron chi connectivity index (χ3n) is 3.41. The van der Waals surface area contributed by atoms with Gasteiger partial charge in [-0.15, -0.1) is 0 Å². The molecule has 2 nitrogen and oxygen atoms in total. The fourth-order valence-electron chi connectivity index (χ4n) is 2.20. The Bertz CT molecular complexity index is 788. The summed E-state index contributed by atoms with van der Waals surface area (Å²) < 4.78 is 0. The zero-order chi connectivity index (χ0) is 15.9. The Morgan fingerprint density at radius 1 is 0.955 bits per heavy atom. The number of aromatic nitrogens is 1. The van der Waals surface area contributed by atoms with Gasteiger partial charge in [0, 0.05) is 22.9 Å². The topological polar surface area (TPSA) is 25.2 Å². The lowest BCUT2D eigenvalue weighted by molar-refractivity contribution is 1.36. The molecular formula is C20H22N2. The zero-order valence-electron chi connectivity index (χ0n) is 13.7. The molecule has 1 heterocycles. The summed E-state index contributed by atoms with van der Waals surface area (Å²) in [5.41, 5.74) is 5.25. The first kappa shape index (κ1) is 15.9. The summed E-state index contributed by atoms with van der Waals surface area (Å²) in [6.45, 7) is 8.10. The van der Waals surface area contributed by atoms with Gasteiger partial charge in [-0.2, -0.15) is 0 Å². The number of pyridine rings is 1. The molecule has 0 fully saturated rings. The van der Waals surface area contributed by atoms with Gasteiger partial charge in [-0.1, -0.05) is 50.2 Å². The summed E-state index contributed by atoms with van der Waals surface area (Å²) in [6, 6.07) is 18.4. The number of fused-ring (bicyclic) bond motifs is 1. The van der Waals surface area contributed by atoms with E-state index in [4.69, 9.17) is 4.99 Å². The maximum Gasteiger partial charge on any atom is 0.0702 e. The van der Waals surface area contributed by atoms with Crippen molar-refractivity contribution < 1.29 is 0 Å². The van der Waals surface area contributed by atoms with Crippen molar-refractivity contribution in [1.82, 2.24) is 4.98 Å². The average molecular weight is 290 g/mol. The third kappa shape index (κ3) is 3.59. The Hall–Kier alpha value is -2.48. The maximum atomic E-state index is 4.71. The molecule has 22 heavy (non-hydrogen) atoms. The van der Waals surface area contributed by atoms with Crippen molar-refractivity contribution >= 4 is 22.3 Å². The van der Waals surface area contributed by atoms with Crippen molar-refractivity contribution in [2.24, 2.45) is 4.99 Å². The van der Waals surface area contributed by atoms with Gasteiger partial charge >= 0.3 is 0 Å². The lowest BCUT2D eigenvalue weighted by Crippen LogP contribution is -1.95. The molecular weight excluding hydrogens is 268 g/mol. The highest BCUT2D eigenvalue weighted by atomic mass is 14.8. The van der Waals surface area contributed by atoms with E-state index >= 15 is 0 Å². The summed E-state index contributed by atoms with van der Waals surface area (Å²) in [4.78, 5) is 9.20. The first-order valence-electron chi connectivity index (χ1n) is 7.70. The first-order valence-corrected chi connectivity index (χ1v) is 7.70. The van der Waals surface area contributed by atoms with Crippen molar-refractivity contribution in [2.45, 2.75) is 27.7 Å². The van der Waals surface area contributed by atoms with Gasteiger partial charge in [0.2, 0.25) is 0 Å². The minimum atomic E-state index is 0.984. The van der Waals surface area contributed by atoms with E-state index in [1.54, 1.807) is 0 Å². The fourth-order valence-corrected chi connectivity index (χ4v) is 2.20. The van der Waals surface area contributed by atoms with Gasteiger partial charge in [0.1, 0.15) is 0 Å². The molecule has 0 unspecified atom stereocenters. The van der Waals surface area contributed by atoms with E-state index in [2.05, 4.69) is 30.1 Å². The molecule has 3 aromatic rings. The molecule has 3 rings (SSSR count). The number of para-hydroxylation sites is 2. The Morgan fingerprint density at radius 2 is 1.64 bits per heavy atom. The van der Waals surface area contributed by atoms with Gasteiger partial charge in [0.05, 0.1) is 11.2 Å². The maximum absolute atomic E-state index is 4.71. The number of hydrogen-bond acceptors (Lipinski definition) is 2. The molecule has 0 spiro atoms. The van der Waals surface area contributed by atoms with Crippen LogP contribution in [0.1, 0.15) is 31.9 Å². The molecule has 0 aliphatic heterocycles. The van der Waals surface area contributed by atoms with E-state index in [0.717, 1.165) is 27.9 Å². The molecule has 0 atom stereocenters. The average Bonchev–Trinajstić information content (AvgIpc) is 2.58. The molecule has 2 heteroatoms. The van der Waals surface area contributed by atoms with Crippen molar-refractivity contribution in [2.75, 3.05) is 0 Å². The Labute approximate surface area is 132 Å². The molecule has 0 aliphatic carbocycles. The lowest BCUT2D eigenvalue weighted by Gasteiger charge is -2.05. The number of aliphatic imine (C=N–C) groups is 1. The number of hydrogen-bond donors (Lipinski definition) is 0. The lowest BCUT2D eigenvalue weighted by atomic mass is 10.1. The smallest absolute Gasteiger partial charge is 0.0702 e. The Balaban J connectivity index is 0.000000847. The van der Waals surface area contributed by atoms with Crippen LogP contribution in [0.15, 0.2) is 65.8 Å². The summed E-state index contributed by atoms with van der Waals surface area (Å²) in [7, 11) is 0. The fraction of sp³-hybridized carbons (Fsp3) is 0.200. The highest BCUT2D eigenvalue weighted by Gasteiger charge is 2.02. The monoisotopic (exact) mass is 290 g/mol. The highest BCUT2D eigenvalue weighted by Crippen LogP contribution is 2.20. The molecule has 0 radical (unpaired) electrons. The Morgan fingerprint density at radius 3 is 2.41 bits per heavy atom. The summed E-state index contributed by atoms with van der Waals surface area (Å²) in [5.74, 6) is 0. The zero-order valence-corrected chi connectivity index (χ0v) is 13.7. The second kappa shape index (κ2) is 7.51. The van der Waals surface area contributed by atoms with Crippen LogP contribution < -0.4 is 0 Å². The van der Waals surface area contributed by atoms with E-state index in [-0.39, 0.29) is 0 Å². The largest absolute Gasteiger partial charge is 0.256 e. The Kier molecular flexibility index (Phi) is 5.42. The molecule has 0 saturated carbocycles. The molecule has 0 saturated heterocycles. The molecule has 0 aliphatic rings. The van der Waals surface area contributed by atoms with Gasteiger partial charge < -0.3 is 0 Å². The van der Waals surface area contributed by atoms with E-state index in [1.165, 1.54) is 5.56 Å². The molecule has 0 bridgehead atoms. The van der Waals surface area contributed by atoms with Crippen LogP contribution in [0.25, 0.3) is 10.9 Å². The highest BCUT2D eigenvalue weighted by molar-refractivity contribution is 6.02. The molecule has 2 aromatic carbocycles. The van der Waals surface area contributed by atoms with Gasteiger partial charge in [0.25, 0.3) is 0 Å². The van der Waals surface area contributed by atoms with Crippen LogP contribution in [0.2, 0.25) is 0 Å². The van der Waals surface area contributed by atoms with Crippen LogP contribution in [-0.4, -0.2) is 10.7 Å². The standard InChI is InChI=1S/C18H16N2.C2H6/c1-13-7-3-5-9-17(13)20-14(2)16-11-15-8-4-6-10-18(15)19-12-16;1-2/h3-12H,1-2H3;1-2H3. The van der Waals surface area contributed by atoms with Gasteiger partial charge in [-0.25, -0.2) is 0 Å². The SMILES string of the molecule is CC.CC(=Nc1ccccc1C)c1cnc2ccccc2c1. The summed E-state index contributed by atoms with van der Waals surface area (Å²) in [5, 5.41) is 1.14. The first-order chi connectivity index (χ1) is 10.7. The van der Waals surface area contributed by atoms with E-state index < -0.39 is 0 Å². The van der Waals surface area contributed by atoms with Gasteiger partial charge in [-0.3, -0.25) is 9.98 Å². The minimum absolute atomic E-state index is 0.984. The molecule has 0 amide bonds. The van der Waals surface area contributed by atoms with Gasteiger partial charge in [-0.05, 0) is 37.6 Å². The number of aryl methyl sites for hydroxylation is 1. The second-order valence-corrected chi connectivity index (χ2v) is 4.90. The van der Waals surface area contributed by atoms with Gasteiger partial charge in [0.15, 0.2) is 0 Å². The molecule has 112 valence electrons. The van der Waals surface area contributed by atoms with Crippen molar-refractivity contribution in [3.05, 3.63) is 71.9 Å². The third-order valence-corrected chi connectivity index (χ3v) is 3.41. The van der Waals surface area contributed by atoms with E-state index in [9.17, 15) is 0 Å².